The Kier molecular flexibility index (Phi) is 4.48. The summed E-state index contributed by atoms with van der Waals surface area (Å²) in [5.41, 5.74) is 0.990. The number of benzene rings is 1. The number of thioether (sulfide) groups is 1. The molecule has 0 spiro atoms. The Hall–Kier alpha value is -0.510. The van der Waals surface area contributed by atoms with Crippen LogP contribution >= 0.6 is 11.8 Å². The fourth-order valence-electron chi connectivity index (χ4n) is 2.24. The molecule has 2 atom stereocenters. The highest BCUT2D eigenvalue weighted by atomic mass is 32.2. The Morgan fingerprint density at radius 1 is 1.41 bits per heavy atom. The van der Waals surface area contributed by atoms with E-state index in [4.69, 9.17) is 0 Å². The molecule has 1 aromatic rings. The van der Waals surface area contributed by atoms with E-state index in [1.807, 2.05) is 42.1 Å². The van der Waals surface area contributed by atoms with Crippen molar-refractivity contribution in [3.63, 3.8) is 0 Å². The summed E-state index contributed by atoms with van der Waals surface area (Å²) in [6.07, 6.45) is 2.21. The van der Waals surface area contributed by atoms with Crippen molar-refractivity contribution in [3.8, 4) is 0 Å². The van der Waals surface area contributed by atoms with E-state index in [1.165, 1.54) is 18.6 Å². The van der Waals surface area contributed by atoms with Crippen LogP contribution in [0.1, 0.15) is 31.4 Å². The van der Waals surface area contributed by atoms with Gasteiger partial charge in [-0.05, 0) is 31.1 Å². The van der Waals surface area contributed by atoms with E-state index in [1.54, 1.807) is 0 Å². The van der Waals surface area contributed by atoms with Crippen LogP contribution in [0.3, 0.4) is 0 Å². The molecule has 2 N–H and O–H groups in total. The van der Waals surface area contributed by atoms with Gasteiger partial charge in [-0.1, -0.05) is 30.3 Å². The topological polar surface area (TPSA) is 32.3 Å². The monoisotopic (exact) mass is 251 g/mol. The van der Waals surface area contributed by atoms with Gasteiger partial charge in [-0.25, -0.2) is 0 Å². The number of hydrogen-bond donors (Lipinski definition) is 2. The summed E-state index contributed by atoms with van der Waals surface area (Å²) in [6, 6.07) is 9.84. The summed E-state index contributed by atoms with van der Waals surface area (Å²) < 4.78 is 0.371. The fraction of sp³-hybridized carbons (Fsp3) is 0.571. The van der Waals surface area contributed by atoms with E-state index in [0.717, 1.165) is 12.1 Å². The molecule has 3 heteroatoms. The van der Waals surface area contributed by atoms with Crippen molar-refractivity contribution < 1.29 is 5.11 Å². The first-order valence-electron chi connectivity index (χ1n) is 6.27. The first-order valence-corrected chi connectivity index (χ1v) is 7.26. The highest BCUT2D eigenvalue weighted by Crippen LogP contribution is 2.36. The summed E-state index contributed by atoms with van der Waals surface area (Å²) in [5, 5.41) is 13.4. The molecular weight excluding hydrogens is 230 g/mol. The lowest BCUT2D eigenvalue weighted by atomic mass is 10.1. The highest BCUT2D eigenvalue weighted by molar-refractivity contribution is 8.00. The van der Waals surface area contributed by atoms with E-state index in [-0.39, 0.29) is 0 Å². The van der Waals surface area contributed by atoms with Crippen LogP contribution in [0.5, 0.6) is 0 Å². The minimum Gasteiger partial charge on any atom is -0.387 e. The minimum absolute atomic E-state index is 0.371. The van der Waals surface area contributed by atoms with E-state index in [9.17, 15) is 5.11 Å². The van der Waals surface area contributed by atoms with Crippen molar-refractivity contribution in [3.05, 3.63) is 35.9 Å². The molecule has 0 saturated carbocycles. The van der Waals surface area contributed by atoms with E-state index in [0.29, 0.717) is 11.3 Å². The van der Waals surface area contributed by atoms with Crippen LogP contribution in [0.15, 0.2) is 30.3 Å². The van der Waals surface area contributed by atoms with Crippen LogP contribution in [0.2, 0.25) is 0 Å². The quantitative estimate of drug-likeness (QED) is 0.843. The Bertz CT molecular complexity index is 335. The van der Waals surface area contributed by atoms with E-state index >= 15 is 0 Å². The molecule has 0 radical (unpaired) electrons. The third-order valence-electron chi connectivity index (χ3n) is 3.32. The molecule has 1 fully saturated rings. The zero-order valence-electron chi connectivity index (χ0n) is 10.4. The van der Waals surface area contributed by atoms with Gasteiger partial charge in [0.1, 0.15) is 0 Å². The molecule has 0 amide bonds. The van der Waals surface area contributed by atoms with Gasteiger partial charge in [-0.15, -0.1) is 0 Å². The number of aliphatic hydroxyl groups excluding tert-OH is 1. The molecule has 1 aliphatic rings. The lowest BCUT2D eigenvalue weighted by Gasteiger charge is -2.24. The lowest BCUT2D eigenvalue weighted by molar-refractivity contribution is 0.174. The van der Waals surface area contributed by atoms with Gasteiger partial charge in [0, 0.05) is 17.8 Å². The van der Waals surface area contributed by atoms with Crippen LogP contribution in [-0.2, 0) is 0 Å². The summed E-state index contributed by atoms with van der Waals surface area (Å²) in [4.78, 5) is 0. The SMILES string of the molecule is CC1(CNCC(O)c2ccccc2)CCCS1. The van der Waals surface area contributed by atoms with Crippen molar-refractivity contribution in [1.29, 1.82) is 0 Å². The fourth-order valence-corrected chi connectivity index (χ4v) is 3.52. The zero-order valence-corrected chi connectivity index (χ0v) is 11.2. The summed E-state index contributed by atoms with van der Waals surface area (Å²) in [7, 11) is 0. The maximum Gasteiger partial charge on any atom is 0.0914 e. The minimum atomic E-state index is -0.397. The molecule has 1 aliphatic heterocycles. The molecule has 2 unspecified atom stereocenters. The van der Waals surface area contributed by atoms with Crippen molar-refractivity contribution in [2.24, 2.45) is 0 Å². The second-order valence-corrected chi connectivity index (χ2v) is 6.64. The molecule has 2 nitrogen and oxygen atoms in total. The molecular formula is C14H21NOS. The predicted octanol–water partition coefficient (Wildman–Crippen LogP) is 2.60. The molecule has 1 heterocycles. The summed E-state index contributed by atoms with van der Waals surface area (Å²) in [5.74, 6) is 1.28. The second-order valence-electron chi connectivity index (χ2n) is 4.96. The van der Waals surface area contributed by atoms with Gasteiger partial charge in [0.25, 0.3) is 0 Å². The number of nitrogens with one attached hydrogen (secondary N) is 1. The average Bonchev–Trinajstić information content (AvgIpc) is 2.77. The van der Waals surface area contributed by atoms with Gasteiger partial charge in [-0.3, -0.25) is 0 Å². The molecule has 0 aliphatic carbocycles. The lowest BCUT2D eigenvalue weighted by Crippen LogP contribution is -2.35. The molecule has 17 heavy (non-hydrogen) atoms. The highest BCUT2D eigenvalue weighted by Gasteiger charge is 2.28. The largest absolute Gasteiger partial charge is 0.387 e. The maximum atomic E-state index is 10.0. The van der Waals surface area contributed by atoms with Crippen LogP contribution in [0.4, 0.5) is 0 Å². The van der Waals surface area contributed by atoms with Gasteiger partial charge >= 0.3 is 0 Å². The zero-order chi connectivity index (χ0) is 12.1. The standard InChI is InChI=1S/C14H21NOS/c1-14(8-5-9-17-14)11-15-10-13(16)12-6-3-2-4-7-12/h2-4,6-7,13,15-16H,5,8-11H2,1H3. The van der Waals surface area contributed by atoms with Gasteiger partial charge in [0.2, 0.25) is 0 Å². The number of aliphatic hydroxyl groups is 1. The van der Waals surface area contributed by atoms with Crippen molar-refractivity contribution in [2.75, 3.05) is 18.8 Å². The summed E-state index contributed by atoms with van der Waals surface area (Å²) in [6.45, 7) is 3.94. The second kappa shape index (κ2) is 5.89. The Morgan fingerprint density at radius 3 is 2.82 bits per heavy atom. The predicted molar refractivity (Wildman–Crippen MR) is 74.4 cm³/mol. The van der Waals surface area contributed by atoms with Crippen molar-refractivity contribution >= 4 is 11.8 Å². The third kappa shape index (κ3) is 3.73. The van der Waals surface area contributed by atoms with Crippen LogP contribution in [0.25, 0.3) is 0 Å². The molecule has 94 valence electrons. The first-order chi connectivity index (χ1) is 8.20. The summed E-state index contributed by atoms with van der Waals surface area (Å²) >= 11 is 2.05. The molecule has 1 saturated heterocycles. The van der Waals surface area contributed by atoms with Crippen LogP contribution in [0, 0.1) is 0 Å². The Balaban J connectivity index is 1.75. The Labute approximate surface area is 108 Å². The average molecular weight is 251 g/mol. The van der Waals surface area contributed by atoms with Crippen molar-refractivity contribution in [1.82, 2.24) is 5.32 Å². The van der Waals surface area contributed by atoms with Crippen molar-refractivity contribution in [2.45, 2.75) is 30.6 Å². The smallest absolute Gasteiger partial charge is 0.0914 e. The molecule has 0 aromatic heterocycles. The van der Waals surface area contributed by atoms with Gasteiger partial charge in [-0.2, -0.15) is 11.8 Å². The maximum absolute atomic E-state index is 10.0. The molecule has 2 rings (SSSR count). The number of rotatable bonds is 5. The van der Waals surface area contributed by atoms with Gasteiger partial charge < -0.3 is 10.4 Å². The first kappa shape index (κ1) is 12.9. The van der Waals surface area contributed by atoms with E-state index in [2.05, 4.69) is 12.2 Å². The van der Waals surface area contributed by atoms with Crippen LogP contribution in [-0.4, -0.2) is 28.7 Å². The normalized spacial score (nSPS) is 26.0. The van der Waals surface area contributed by atoms with Gasteiger partial charge in [0.05, 0.1) is 6.10 Å². The van der Waals surface area contributed by atoms with Gasteiger partial charge in [0.15, 0.2) is 0 Å². The Morgan fingerprint density at radius 2 is 2.18 bits per heavy atom. The van der Waals surface area contributed by atoms with Crippen LogP contribution < -0.4 is 5.32 Å². The van der Waals surface area contributed by atoms with E-state index < -0.39 is 6.10 Å². The molecule has 1 aromatic carbocycles. The number of hydrogen-bond acceptors (Lipinski definition) is 3. The molecule has 0 bridgehead atoms. The third-order valence-corrected chi connectivity index (χ3v) is 4.86.